The predicted octanol–water partition coefficient (Wildman–Crippen LogP) is -0.449. The third kappa shape index (κ3) is 2.83. The highest BCUT2D eigenvalue weighted by atomic mass is 32.2. The molecule has 0 saturated heterocycles. The van der Waals surface area contributed by atoms with Gasteiger partial charge in [-0.25, -0.2) is 17.8 Å². The van der Waals surface area contributed by atoms with E-state index < -0.39 is 15.9 Å². The molecule has 8 nitrogen and oxygen atoms in total. The molecule has 3 N–H and O–H groups in total. The van der Waals surface area contributed by atoms with Crippen LogP contribution in [0.4, 0.5) is 0 Å². The molecule has 0 fully saturated rings. The van der Waals surface area contributed by atoms with Crippen LogP contribution in [0.1, 0.15) is 12.6 Å². The van der Waals surface area contributed by atoms with Crippen molar-refractivity contribution in [2.75, 3.05) is 0 Å². The minimum Gasteiger partial charge on any atom is -0.325 e. The van der Waals surface area contributed by atoms with E-state index in [1.54, 1.807) is 12.1 Å². The summed E-state index contributed by atoms with van der Waals surface area (Å²) in [4.78, 5) is 10.8. The van der Waals surface area contributed by atoms with Gasteiger partial charge >= 0.3 is 0 Å². The van der Waals surface area contributed by atoms with Crippen LogP contribution in [0.5, 0.6) is 0 Å². The number of nitrogens with two attached hydrogens (primary N) is 1. The van der Waals surface area contributed by atoms with E-state index in [9.17, 15) is 13.2 Å². The van der Waals surface area contributed by atoms with E-state index >= 15 is 0 Å². The SMILES string of the molecule is CC(=O)NS(=O)(=O)c1ccc(-n2nncc2CN)cc1. The van der Waals surface area contributed by atoms with Crippen LogP contribution >= 0.6 is 0 Å². The van der Waals surface area contributed by atoms with Gasteiger partial charge in [0, 0.05) is 13.5 Å². The van der Waals surface area contributed by atoms with Gasteiger partial charge in [0.05, 0.1) is 22.5 Å². The summed E-state index contributed by atoms with van der Waals surface area (Å²) in [6, 6.07) is 5.87. The molecule has 0 unspecified atom stereocenters. The molecule has 9 heteroatoms. The van der Waals surface area contributed by atoms with Crippen molar-refractivity contribution in [1.82, 2.24) is 19.7 Å². The lowest BCUT2D eigenvalue weighted by Gasteiger charge is -2.07. The van der Waals surface area contributed by atoms with Crippen molar-refractivity contribution in [2.24, 2.45) is 5.73 Å². The zero-order valence-corrected chi connectivity index (χ0v) is 11.5. The molecule has 1 aromatic carbocycles. The van der Waals surface area contributed by atoms with Crippen LogP contribution in [-0.2, 0) is 21.4 Å². The molecule has 0 saturated carbocycles. The van der Waals surface area contributed by atoms with Gasteiger partial charge in [0.25, 0.3) is 10.0 Å². The van der Waals surface area contributed by atoms with Gasteiger partial charge in [0.15, 0.2) is 0 Å². The lowest BCUT2D eigenvalue weighted by atomic mass is 10.3. The van der Waals surface area contributed by atoms with Crippen LogP contribution in [0.2, 0.25) is 0 Å². The first-order valence-corrected chi connectivity index (χ1v) is 7.16. The summed E-state index contributed by atoms with van der Waals surface area (Å²) in [5, 5.41) is 7.60. The first kappa shape index (κ1) is 14.2. The highest BCUT2D eigenvalue weighted by molar-refractivity contribution is 7.90. The van der Waals surface area contributed by atoms with E-state index in [0.29, 0.717) is 11.4 Å². The van der Waals surface area contributed by atoms with Crippen molar-refractivity contribution in [3.63, 3.8) is 0 Å². The van der Waals surface area contributed by atoms with Crippen molar-refractivity contribution >= 4 is 15.9 Å². The van der Waals surface area contributed by atoms with E-state index in [1.807, 2.05) is 4.72 Å². The molecular weight excluding hydrogens is 282 g/mol. The van der Waals surface area contributed by atoms with Gasteiger partial charge in [-0.1, -0.05) is 5.21 Å². The van der Waals surface area contributed by atoms with E-state index in [1.165, 1.54) is 23.0 Å². The molecule has 1 heterocycles. The maximum Gasteiger partial charge on any atom is 0.264 e. The Kier molecular flexibility index (Phi) is 3.81. The average molecular weight is 295 g/mol. The number of amides is 1. The Balaban J connectivity index is 2.34. The molecule has 1 aromatic heterocycles. The normalized spacial score (nSPS) is 11.3. The fraction of sp³-hybridized carbons (Fsp3) is 0.182. The number of sulfonamides is 1. The Morgan fingerprint density at radius 2 is 2.00 bits per heavy atom. The smallest absolute Gasteiger partial charge is 0.264 e. The molecule has 0 spiro atoms. The van der Waals surface area contributed by atoms with Crippen molar-refractivity contribution in [3.05, 3.63) is 36.2 Å². The molecule has 1 amide bonds. The van der Waals surface area contributed by atoms with E-state index in [-0.39, 0.29) is 11.4 Å². The number of aromatic nitrogens is 3. The zero-order chi connectivity index (χ0) is 14.8. The quantitative estimate of drug-likeness (QED) is 0.788. The summed E-state index contributed by atoms with van der Waals surface area (Å²) in [7, 11) is -3.83. The van der Waals surface area contributed by atoms with Crippen LogP contribution in [0.3, 0.4) is 0 Å². The summed E-state index contributed by atoms with van der Waals surface area (Å²) in [5.74, 6) is -0.643. The summed E-state index contributed by atoms with van der Waals surface area (Å²) >= 11 is 0. The van der Waals surface area contributed by atoms with Gasteiger partial charge in [-0.2, -0.15) is 0 Å². The molecule has 2 rings (SSSR count). The number of carbonyl (C=O) groups is 1. The van der Waals surface area contributed by atoms with Crippen LogP contribution < -0.4 is 10.5 Å². The molecule has 0 aliphatic heterocycles. The molecule has 0 bridgehead atoms. The fourth-order valence-corrected chi connectivity index (χ4v) is 2.62. The number of hydrogen-bond donors (Lipinski definition) is 2. The van der Waals surface area contributed by atoms with Gasteiger partial charge in [-0.05, 0) is 24.3 Å². The number of carbonyl (C=O) groups excluding carboxylic acids is 1. The molecule has 0 atom stereocenters. The van der Waals surface area contributed by atoms with Gasteiger partial charge in [-0.3, -0.25) is 4.79 Å². The third-order valence-corrected chi connectivity index (χ3v) is 3.95. The van der Waals surface area contributed by atoms with Crippen LogP contribution in [-0.4, -0.2) is 29.3 Å². The van der Waals surface area contributed by atoms with Gasteiger partial charge < -0.3 is 5.73 Å². The average Bonchev–Trinajstić information content (AvgIpc) is 2.85. The van der Waals surface area contributed by atoms with Crippen molar-refractivity contribution < 1.29 is 13.2 Å². The van der Waals surface area contributed by atoms with Crippen molar-refractivity contribution in [1.29, 1.82) is 0 Å². The summed E-state index contributed by atoms with van der Waals surface area (Å²) in [6.07, 6.45) is 1.53. The van der Waals surface area contributed by atoms with E-state index in [2.05, 4.69) is 10.3 Å². The van der Waals surface area contributed by atoms with Crippen LogP contribution in [0.25, 0.3) is 5.69 Å². The Morgan fingerprint density at radius 3 is 2.55 bits per heavy atom. The highest BCUT2D eigenvalue weighted by Gasteiger charge is 2.15. The third-order valence-electron chi connectivity index (χ3n) is 2.50. The van der Waals surface area contributed by atoms with E-state index in [0.717, 1.165) is 6.92 Å². The zero-order valence-electron chi connectivity index (χ0n) is 10.6. The fourth-order valence-electron chi connectivity index (χ4n) is 1.63. The van der Waals surface area contributed by atoms with Gasteiger partial charge in [0.2, 0.25) is 5.91 Å². The summed E-state index contributed by atoms with van der Waals surface area (Å²) in [6.45, 7) is 1.40. The molecule has 0 aliphatic rings. The second-order valence-corrected chi connectivity index (χ2v) is 5.68. The van der Waals surface area contributed by atoms with Gasteiger partial charge in [0.1, 0.15) is 0 Å². The second-order valence-electron chi connectivity index (χ2n) is 4.00. The lowest BCUT2D eigenvalue weighted by Crippen LogP contribution is -2.28. The Labute approximate surface area is 115 Å². The maximum absolute atomic E-state index is 11.8. The second kappa shape index (κ2) is 5.39. The first-order valence-electron chi connectivity index (χ1n) is 5.67. The van der Waals surface area contributed by atoms with Gasteiger partial charge in [-0.15, -0.1) is 5.10 Å². The molecular formula is C11H13N5O3S. The summed E-state index contributed by atoms with van der Waals surface area (Å²) in [5.41, 5.74) is 6.87. The molecule has 20 heavy (non-hydrogen) atoms. The van der Waals surface area contributed by atoms with E-state index in [4.69, 9.17) is 5.73 Å². The van der Waals surface area contributed by atoms with Crippen molar-refractivity contribution in [3.8, 4) is 5.69 Å². The number of benzene rings is 1. The molecule has 2 aromatic rings. The lowest BCUT2D eigenvalue weighted by molar-refractivity contribution is -0.117. The number of nitrogens with one attached hydrogen (secondary N) is 1. The predicted molar refractivity (Wildman–Crippen MR) is 70.3 cm³/mol. The largest absolute Gasteiger partial charge is 0.325 e. The minimum absolute atomic E-state index is 0.00846. The van der Waals surface area contributed by atoms with Crippen molar-refractivity contribution in [2.45, 2.75) is 18.4 Å². The minimum atomic E-state index is -3.83. The highest BCUT2D eigenvalue weighted by Crippen LogP contribution is 2.14. The molecule has 0 radical (unpaired) electrons. The Hall–Kier alpha value is -2.26. The number of nitrogens with zero attached hydrogens (tertiary/aromatic N) is 3. The number of rotatable bonds is 4. The standard InChI is InChI=1S/C11H13N5O3S/c1-8(17)14-20(18,19)11-4-2-9(3-5-11)16-10(6-12)7-13-15-16/h2-5,7H,6,12H2,1H3,(H,14,17). The number of hydrogen-bond acceptors (Lipinski definition) is 6. The maximum atomic E-state index is 11.8. The molecule has 0 aliphatic carbocycles. The Bertz CT molecular complexity index is 721. The molecule has 106 valence electrons. The van der Waals surface area contributed by atoms with Crippen LogP contribution in [0, 0.1) is 0 Å². The first-order chi connectivity index (χ1) is 9.44. The van der Waals surface area contributed by atoms with Crippen LogP contribution in [0.15, 0.2) is 35.4 Å². The topological polar surface area (TPSA) is 120 Å². The monoisotopic (exact) mass is 295 g/mol. The Morgan fingerprint density at radius 1 is 1.35 bits per heavy atom. The summed E-state index contributed by atoms with van der Waals surface area (Å²) < 4.78 is 27.0.